The molecule has 4 heterocycles. The molecule has 4 aliphatic heterocycles. The van der Waals surface area contributed by atoms with Gasteiger partial charge in [0.1, 0.15) is 0 Å². The van der Waals surface area contributed by atoms with E-state index in [9.17, 15) is 9.90 Å². The maximum atomic E-state index is 11.2. The van der Waals surface area contributed by atoms with Crippen LogP contribution >= 0.6 is 0 Å². The molecule has 2 atom stereocenters. The average molecular weight is 344 g/mol. The van der Waals surface area contributed by atoms with E-state index in [-0.39, 0.29) is 30.4 Å². The van der Waals surface area contributed by atoms with Crippen LogP contribution < -0.4 is 10.4 Å². The normalized spacial score (nSPS) is 29.5. The summed E-state index contributed by atoms with van der Waals surface area (Å²) in [5, 5.41) is 9.22. The molecule has 1 N–H and O–H groups in total. The molecule has 0 spiro atoms. The van der Waals surface area contributed by atoms with Crippen molar-refractivity contribution in [3.63, 3.8) is 0 Å². The van der Waals surface area contributed by atoms with Gasteiger partial charge in [0.2, 0.25) is 0 Å². The van der Waals surface area contributed by atoms with Crippen LogP contribution in [0.2, 0.25) is 0 Å². The molecule has 6 nitrogen and oxygen atoms in total. The van der Waals surface area contributed by atoms with Gasteiger partial charge in [-0.25, -0.2) is 4.79 Å². The molecule has 0 aromatic heterocycles. The molecule has 7 heteroatoms. The van der Waals surface area contributed by atoms with Crippen LogP contribution in [0.25, 0.3) is 0 Å². The molecule has 1 aromatic rings. The monoisotopic (exact) mass is 344 g/mol. The van der Waals surface area contributed by atoms with Gasteiger partial charge < -0.3 is 19.3 Å². The van der Waals surface area contributed by atoms with Crippen molar-refractivity contribution in [3.8, 4) is 0 Å². The summed E-state index contributed by atoms with van der Waals surface area (Å²) in [7, 11) is -0.351. The van der Waals surface area contributed by atoms with Gasteiger partial charge >= 0.3 is 13.2 Å². The lowest BCUT2D eigenvalue weighted by Crippen LogP contribution is -2.70. The van der Waals surface area contributed by atoms with E-state index in [2.05, 4.69) is 44.7 Å². The first-order valence-electron chi connectivity index (χ1n) is 8.90. The Kier molecular flexibility index (Phi) is 3.60. The Hall–Kier alpha value is -1.73. The number of carboxylic acid groups (broad SMARTS) is 1. The second-order valence-electron chi connectivity index (χ2n) is 8.32. The van der Waals surface area contributed by atoms with Crippen molar-refractivity contribution >= 4 is 24.4 Å². The largest absolute Gasteiger partial charge is 0.494 e. The Morgan fingerprint density at radius 1 is 1.08 bits per heavy atom. The summed E-state index contributed by atoms with van der Waals surface area (Å²) in [6.07, 6.45) is 0.187. The minimum Gasteiger partial charge on any atom is -0.465 e. The van der Waals surface area contributed by atoms with Gasteiger partial charge in [0, 0.05) is 18.8 Å². The number of hydrogen-bond acceptors (Lipinski definition) is 4. The molecule has 134 valence electrons. The molecule has 25 heavy (non-hydrogen) atoms. The zero-order valence-electron chi connectivity index (χ0n) is 15.2. The highest BCUT2D eigenvalue weighted by Crippen LogP contribution is 2.37. The van der Waals surface area contributed by atoms with Crippen LogP contribution in [0.15, 0.2) is 24.3 Å². The fourth-order valence-corrected chi connectivity index (χ4v) is 3.95. The molecule has 4 saturated heterocycles. The van der Waals surface area contributed by atoms with Gasteiger partial charge in [-0.05, 0) is 51.7 Å². The van der Waals surface area contributed by atoms with Gasteiger partial charge in [-0.15, -0.1) is 0 Å². The third-order valence-corrected chi connectivity index (χ3v) is 6.20. The summed E-state index contributed by atoms with van der Waals surface area (Å²) >= 11 is 0. The number of piperidine rings is 1. The maximum absolute atomic E-state index is 11.2. The number of rotatable bonds is 2. The molecule has 1 aromatic carbocycles. The molecule has 0 aliphatic carbocycles. The Morgan fingerprint density at radius 3 is 2.08 bits per heavy atom. The molecule has 2 bridgehead atoms. The predicted molar refractivity (Wildman–Crippen MR) is 96.4 cm³/mol. The quantitative estimate of drug-likeness (QED) is 0.831. The van der Waals surface area contributed by atoms with Crippen molar-refractivity contribution in [2.24, 2.45) is 0 Å². The Balaban J connectivity index is 1.45. The van der Waals surface area contributed by atoms with E-state index in [1.54, 1.807) is 4.90 Å². The highest BCUT2D eigenvalue weighted by atomic mass is 16.7. The predicted octanol–water partition coefficient (Wildman–Crippen LogP) is 1.93. The molecule has 4 aliphatic rings. The van der Waals surface area contributed by atoms with Crippen molar-refractivity contribution < 1.29 is 19.2 Å². The summed E-state index contributed by atoms with van der Waals surface area (Å²) in [6.45, 7) is 9.73. The second-order valence-corrected chi connectivity index (χ2v) is 8.32. The summed E-state index contributed by atoms with van der Waals surface area (Å²) in [5.74, 6) is 0. The Labute approximate surface area is 148 Å². The molecule has 0 saturated carbocycles. The fourth-order valence-electron chi connectivity index (χ4n) is 3.95. The van der Waals surface area contributed by atoms with Crippen LogP contribution in [0, 0.1) is 0 Å². The number of nitrogens with zero attached hydrogens (tertiary/aromatic N) is 2. The van der Waals surface area contributed by atoms with Gasteiger partial charge in [0.15, 0.2) is 0 Å². The van der Waals surface area contributed by atoms with Crippen LogP contribution in [0.3, 0.4) is 0 Å². The van der Waals surface area contributed by atoms with Gasteiger partial charge in [-0.2, -0.15) is 0 Å². The number of anilines is 1. The molecule has 1 amide bonds. The van der Waals surface area contributed by atoms with Gasteiger partial charge in [-0.3, -0.25) is 4.90 Å². The maximum Gasteiger partial charge on any atom is 0.494 e. The Bertz CT molecular complexity index is 663. The lowest BCUT2D eigenvalue weighted by atomic mass is 9.79. The molecule has 5 rings (SSSR count). The summed E-state index contributed by atoms with van der Waals surface area (Å²) in [5.41, 5.74) is 1.45. The summed E-state index contributed by atoms with van der Waals surface area (Å²) in [4.78, 5) is 15.1. The van der Waals surface area contributed by atoms with E-state index < -0.39 is 6.09 Å². The van der Waals surface area contributed by atoms with E-state index in [1.165, 1.54) is 0 Å². The van der Waals surface area contributed by atoms with Crippen molar-refractivity contribution in [1.82, 2.24) is 4.90 Å². The van der Waals surface area contributed by atoms with Gasteiger partial charge in [0.25, 0.3) is 0 Å². The van der Waals surface area contributed by atoms with Crippen molar-refractivity contribution in [2.75, 3.05) is 18.0 Å². The van der Waals surface area contributed by atoms with Gasteiger partial charge in [-0.1, -0.05) is 12.1 Å². The van der Waals surface area contributed by atoms with Crippen molar-refractivity contribution in [1.29, 1.82) is 0 Å². The highest BCUT2D eigenvalue weighted by molar-refractivity contribution is 6.62. The lowest BCUT2D eigenvalue weighted by molar-refractivity contribution is 0.00578. The number of hydrogen-bond donors (Lipinski definition) is 1. The van der Waals surface area contributed by atoms with Crippen molar-refractivity contribution in [2.45, 2.75) is 57.4 Å². The Morgan fingerprint density at radius 2 is 1.60 bits per heavy atom. The van der Waals surface area contributed by atoms with E-state index >= 15 is 0 Å². The van der Waals surface area contributed by atoms with Crippen LogP contribution in [0.1, 0.15) is 34.1 Å². The number of amides is 1. The topological polar surface area (TPSA) is 62.2 Å². The number of piperazine rings is 1. The third kappa shape index (κ3) is 2.61. The lowest BCUT2D eigenvalue weighted by Gasteiger charge is -2.55. The smallest absolute Gasteiger partial charge is 0.465 e. The van der Waals surface area contributed by atoms with Crippen LogP contribution in [-0.2, 0) is 9.31 Å². The average Bonchev–Trinajstić information content (AvgIpc) is 2.75. The molecule has 2 unspecified atom stereocenters. The van der Waals surface area contributed by atoms with E-state index in [0.717, 1.165) is 30.7 Å². The SMILES string of the molecule is CC1(C)OB(c2ccc(N3CC4CC(C3)N4C(=O)O)cc2)OC1(C)C. The van der Waals surface area contributed by atoms with E-state index in [4.69, 9.17) is 9.31 Å². The molecule has 0 radical (unpaired) electrons. The first-order chi connectivity index (χ1) is 11.7. The summed E-state index contributed by atoms with van der Waals surface area (Å²) in [6, 6.07) is 8.50. The molecule has 4 fully saturated rings. The molecular weight excluding hydrogens is 319 g/mol. The summed E-state index contributed by atoms with van der Waals surface area (Å²) < 4.78 is 12.2. The zero-order valence-corrected chi connectivity index (χ0v) is 15.2. The third-order valence-electron chi connectivity index (χ3n) is 6.20. The first-order valence-corrected chi connectivity index (χ1v) is 8.90. The number of carbonyl (C=O) groups is 1. The van der Waals surface area contributed by atoms with Crippen LogP contribution in [0.4, 0.5) is 10.5 Å². The van der Waals surface area contributed by atoms with Gasteiger partial charge in [0.05, 0.1) is 23.3 Å². The first kappa shape index (κ1) is 16.7. The van der Waals surface area contributed by atoms with E-state index in [0.29, 0.717) is 0 Å². The fraction of sp³-hybridized carbons (Fsp3) is 0.611. The van der Waals surface area contributed by atoms with Crippen molar-refractivity contribution in [3.05, 3.63) is 24.3 Å². The molecular formula is C18H25BN2O4. The number of fused-ring (bicyclic) bond motifs is 2. The van der Waals surface area contributed by atoms with Crippen LogP contribution in [0.5, 0.6) is 0 Å². The standard InChI is InChI=1S/C18H25BN2O4/c1-17(2)18(3,4)25-19(24-17)12-5-7-13(8-6-12)20-10-14-9-15(11-20)21(14)16(22)23/h5-8,14-15H,9-11H2,1-4H3,(H,22,23). The minimum atomic E-state index is -0.794. The zero-order chi connectivity index (χ0) is 18.0. The van der Waals surface area contributed by atoms with Crippen LogP contribution in [-0.4, -0.2) is 59.6 Å². The van der Waals surface area contributed by atoms with E-state index in [1.807, 2.05) is 12.1 Å². The number of benzene rings is 1. The second kappa shape index (κ2) is 5.38. The highest BCUT2D eigenvalue weighted by Gasteiger charge is 2.52. The minimum absolute atomic E-state index is 0.124.